The van der Waals surface area contributed by atoms with Crippen molar-refractivity contribution in [1.82, 2.24) is 29.6 Å². The van der Waals surface area contributed by atoms with Gasteiger partial charge in [-0.3, -0.25) is 0 Å². The highest BCUT2D eigenvalue weighted by Gasteiger charge is 2.54. The predicted octanol–water partition coefficient (Wildman–Crippen LogP) is 3.77. The lowest BCUT2D eigenvalue weighted by molar-refractivity contribution is -0.140. The van der Waals surface area contributed by atoms with Crippen molar-refractivity contribution in [3.63, 3.8) is 0 Å². The average molecular weight is 525 g/mol. The first-order valence-corrected chi connectivity index (χ1v) is 11.2. The van der Waals surface area contributed by atoms with E-state index in [9.17, 15) is 8.78 Å². The van der Waals surface area contributed by atoms with Crippen LogP contribution in [0.25, 0.3) is 22.6 Å². The molecule has 5 rings (SSSR count). The van der Waals surface area contributed by atoms with Gasteiger partial charge in [0.25, 0.3) is 12.3 Å². The molecule has 0 aliphatic carbocycles. The number of fused-ring (bicyclic) bond motifs is 3. The SMILES string of the molecule is CN/C(=C\C=N)Nc1cc(-c2cc3n(c2)CC(F)(F)Cn2c-3nnc2C2(C(F)F)COC2)c(Cl)cn1. The fourth-order valence-corrected chi connectivity index (χ4v) is 4.54. The van der Waals surface area contributed by atoms with Gasteiger partial charge < -0.3 is 29.9 Å². The van der Waals surface area contributed by atoms with E-state index in [1.54, 1.807) is 19.2 Å². The molecule has 9 nitrogen and oxygen atoms in total. The minimum Gasteiger partial charge on any atom is -0.379 e. The maximum absolute atomic E-state index is 15.0. The summed E-state index contributed by atoms with van der Waals surface area (Å²) < 4.78 is 65.3. The van der Waals surface area contributed by atoms with Crippen LogP contribution >= 0.6 is 11.6 Å². The van der Waals surface area contributed by atoms with Gasteiger partial charge in [-0.05, 0) is 18.2 Å². The zero-order valence-corrected chi connectivity index (χ0v) is 19.7. The molecule has 1 fully saturated rings. The highest BCUT2D eigenvalue weighted by molar-refractivity contribution is 6.33. The Morgan fingerprint density at radius 1 is 1.25 bits per heavy atom. The number of nitrogens with zero attached hydrogens (tertiary/aromatic N) is 5. The second-order valence-electron chi connectivity index (χ2n) is 8.65. The molecule has 2 aliphatic rings. The third-order valence-electron chi connectivity index (χ3n) is 6.20. The van der Waals surface area contributed by atoms with Crippen LogP contribution in [0.3, 0.4) is 0 Å². The molecular weight excluding hydrogens is 504 g/mol. The number of ether oxygens (including phenoxy) is 1. The molecule has 14 heteroatoms. The lowest BCUT2D eigenvalue weighted by atomic mass is 9.85. The number of nitrogens with one attached hydrogen (secondary N) is 3. The van der Waals surface area contributed by atoms with Gasteiger partial charge in [0.1, 0.15) is 22.9 Å². The van der Waals surface area contributed by atoms with E-state index >= 15 is 8.78 Å². The van der Waals surface area contributed by atoms with Crippen LogP contribution in [-0.2, 0) is 23.2 Å². The molecule has 0 saturated carbocycles. The molecule has 3 aromatic heterocycles. The third kappa shape index (κ3) is 4.01. The number of rotatable bonds is 7. The molecule has 0 spiro atoms. The summed E-state index contributed by atoms with van der Waals surface area (Å²) in [4.78, 5) is 4.22. The molecule has 1 saturated heterocycles. The molecule has 190 valence electrons. The second-order valence-corrected chi connectivity index (χ2v) is 9.06. The van der Waals surface area contributed by atoms with Gasteiger partial charge in [0.15, 0.2) is 5.82 Å². The number of alkyl halides is 4. The first-order chi connectivity index (χ1) is 17.2. The summed E-state index contributed by atoms with van der Waals surface area (Å²) in [5.74, 6) is -2.49. The number of hydrogen-bond acceptors (Lipinski definition) is 7. The highest BCUT2D eigenvalue weighted by Crippen LogP contribution is 2.42. The van der Waals surface area contributed by atoms with E-state index < -0.39 is 30.9 Å². The van der Waals surface area contributed by atoms with Crippen molar-refractivity contribution in [2.24, 2.45) is 0 Å². The zero-order valence-electron chi connectivity index (χ0n) is 18.9. The van der Waals surface area contributed by atoms with Crippen LogP contribution in [0, 0.1) is 5.41 Å². The van der Waals surface area contributed by atoms with E-state index in [0.29, 0.717) is 28.5 Å². The van der Waals surface area contributed by atoms with Gasteiger partial charge in [0.2, 0.25) is 0 Å². The van der Waals surface area contributed by atoms with Crippen molar-refractivity contribution in [2.75, 3.05) is 25.6 Å². The number of hydrogen-bond donors (Lipinski definition) is 3. The molecule has 0 radical (unpaired) electrons. The number of halogens is 5. The molecule has 0 unspecified atom stereocenters. The van der Waals surface area contributed by atoms with E-state index in [4.69, 9.17) is 21.7 Å². The maximum Gasteiger partial charge on any atom is 0.283 e. The van der Waals surface area contributed by atoms with Gasteiger partial charge in [-0.2, -0.15) is 0 Å². The van der Waals surface area contributed by atoms with Crippen molar-refractivity contribution in [1.29, 1.82) is 5.41 Å². The minimum absolute atomic E-state index is 0.0651. The lowest BCUT2D eigenvalue weighted by Gasteiger charge is -2.39. The Bertz CT molecular complexity index is 1350. The number of pyridine rings is 1. The zero-order chi connectivity index (χ0) is 25.7. The molecular formula is C22H21ClF4N8O. The van der Waals surface area contributed by atoms with Gasteiger partial charge in [0, 0.05) is 36.8 Å². The Morgan fingerprint density at radius 2 is 2.03 bits per heavy atom. The summed E-state index contributed by atoms with van der Waals surface area (Å²) >= 11 is 6.40. The van der Waals surface area contributed by atoms with Crippen molar-refractivity contribution in [3.8, 4) is 22.6 Å². The molecule has 2 aliphatic heterocycles. The molecule has 5 heterocycles. The summed E-state index contributed by atoms with van der Waals surface area (Å²) in [5, 5.41) is 21.4. The van der Waals surface area contributed by atoms with E-state index in [0.717, 1.165) is 10.8 Å². The van der Waals surface area contributed by atoms with E-state index in [2.05, 4.69) is 25.8 Å². The van der Waals surface area contributed by atoms with Gasteiger partial charge in [-0.25, -0.2) is 22.5 Å². The van der Waals surface area contributed by atoms with Crippen molar-refractivity contribution in [3.05, 3.63) is 47.3 Å². The lowest BCUT2D eigenvalue weighted by Crippen LogP contribution is -2.54. The van der Waals surface area contributed by atoms with Crippen LogP contribution in [0.5, 0.6) is 0 Å². The molecule has 3 N–H and O–H groups in total. The smallest absolute Gasteiger partial charge is 0.283 e. The first-order valence-electron chi connectivity index (χ1n) is 10.9. The van der Waals surface area contributed by atoms with Gasteiger partial charge >= 0.3 is 0 Å². The van der Waals surface area contributed by atoms with E-state index in [-0.39, 0.29) is 29.9 Å². The van der Waals surface area contributed by atoms with E-state index in [1.165, 1.54) is 23.0 Å². The third-order valence-corrected chi connectivity index (χ3v) is 6.50. The first kappa shape index (κ1) is 24.3. The Morgan fingerprint density at radius 3 is 2.67 bits per heavy atom. The van der Waals surface area contributed by atoms with Crippen LogP contribution in [0.2, 0.25) is 5.02 Å². The van der Waals surface area contributed by atoms with Crippen LogP contribution in [0.15, 0.2) is 36.4 Å². The highest BCUT2D eigenvalue weighted by atomic mass is 35.5. The predicted molar refractivity (Wildman–Crippen MR) is 125 cm³/mol. The fraction of sp³-hybridized carbons (Fsp3) is 0.364. The molecule has 0 atom stereocenters. The van der Waals surface area contributed by atoms with Crippen molar-refractivity contribution in [2.45, 2.75) is 30.9 Å². The van der Waals surface area contributed by atoms with Crippen LogP contribution in [0.4, 0.5) is 23.4 Å². The summed E-state index contributed by atoms with van der Waals surface area (Å²) in [6, 6.07) is 3.26. The van der Waals surface area contributed by atoms with Gasteiger partial charge in [-0.1, -0.05) is 11.6 Å². The Kier molecular flexibility index (Phi) is 5.99. The standard InChI is InChI=1S/C22H21ClF4N8O/c1-29-16(2-3-28)31-17-5-13(14(23)6-30-17)12-4-15-18-32-33-20(21(19(24)25)10-36-11-21)35(18)9-22(26,27)8-34(15)7-12/h2-7,19,28-29H,8-11H2,1H3,(H,30,31)/b16-2+,28-3?. The average Bonchev–Trinajstić information content (AvgIpc) is 3.34. The number of allylic oxidation sites excluding steroid dienone is 1. The van der Waals surface area contributed by atoms with Crippen LogP contribution < -0.4 is 10.6 Å². The Balaban J connectivity index is 1.59. The topological polar surface area (TPSA) is 106 Å². The second kappa shape index (κ2) is 8.89. The van der Waals surface area contributed by atoms with Crippen molar-refractivity contribution >= 4 is 23.6 Å². The maximum atomic E-state index is 15.0. The molecule has 3 aromatic rings. The molecule has 0 aromatic carbocycles. The Hall–Kier alpha value is -3.45. The van der Waals surface area contributed by atoms with Crippen molar-refractivity contribution < 1.29 is 22.3 Å². The Labute approximate surface area is 207 Å². The summed E-state index contributed by atoms with van der Waals surface area (Å²) in [7, 11) is 1.67. The number of anilines is 1. The van der Waals surface area contributed by atoms with Gasteiger partial charge in [-0.15, -0.1) is 10.2 Å². The largest absolute Gasteiger partial charge is 0.379 e. The molecule has 0 amide bonds. The minimum atomic E-state index is -3.25. The van der Waals surface area contributed by atoms with E-state index in [1.807, 2.05) is 0 Å². The summed E-state index contributed by atoms with van der Waals surface area (Å²) in [6.45, 7) is -2.14. The fourth-order valence-electron chi connectivity index (χ4n) is 4.33. The van der Waals surface area contributed by atoms with Crippen LogP contribution in [-0.4, -0.2) is 63.1 Å². The van der Waals surface area contributed by atoms with Crippen LogP contribution in [0.1, 0.15) is 5.82 Å². The van der Waals surface area contributed by atoms with Gasteiger partial charge in [0.05, 0.1) is 37.0 Å². The molecule has 36 heavy (non-hydrogen) atoms. The summed E-state index contributed by atoms with van der Waals surface area (Å²) in [6.07, 6.45) is 2.67. The molecule has 0 bridgehead atoms. The number of aromatic nitrogens is 5. The normalized spacial score (nSPS) is 18.1. The summed E-state index contributed by atoms with van der Waals surface area (Å²) in [5.41, 5.74) is -0.457. The quantitative estimate of drug-likeness (QED) is 0.321. The monoisotopic (exact) mass is 524 g/mol.